The molecular formula is C10H16N2O. The second-order valence-corrected chi connectivity index (χ2v) is 4.44. The Labute approximate surface area is 79.1 Å². The normalized spacial score (nSPS) is 31.1. The summed E-state index contributed by atoms with van der Waals surface area (Å²) in [7, 11) is 0. The summed E-state index contributed by atoms with van der Waals surface area (Å²) in [5, 5.41) is 20.3. The van der Waals surface area contributed by atoms with Crippen LogP contribution in [0.25, 0.3) is 0 Å². The van der Waals surface area contributed by atoms with E-state index in [-0.39, 0.29) is 5.41 Å². The van der Waals surface area contributed by atoms with E-state index in [2.05, 4.69) is 25.1 Å². The van der Waals surface area contributed by atoms with Crippen molar-refractivity contribution >= 4 is 5.71 Å². The van der Waals surface area contributed by atoms with Crippen molar-refractivity contribution in [1.82, 2.24) is 0 Å². The van der Waals surface area contributed by atoms with Gasteiger partial charge in [-0.15, -0.1) is 0 Å². The Kier molecular flexibility index (Phi) is 2.60. The molecule has 1 saturated carbocycles. The summed E-state index contributed by atoms with van der Waals surface area (Å²) < 4.78 is 0. The summed E-state index contributed by atoms with van der Waals surface area (Å²) >= 11 is 0. The molecule has 0 aliphatic heterocycles. The second-order valence-electron chi connectivity index (χ2n) is 4.44. The summed E-state index contributed by atoms with van der Waals surface area (Å²) in [6.07, 6.45) is 1.44. The van der Waals surface area contributed by atoms with E-state index in [1.807, 2.05) is 6.92 Å². The molecule has 1 N–H and O–H groups in total. The van der Waals surface area contributed by atoms with Crippen LogP contribution >= 0.6 is 0 Å². The Bertz CT molecular complexity index is 263. The summed E-state index contributed by atoms with van der Waals surface area (Å²) in [6, 6.07) is 2.20. The third kappa shape index (κ3) is 1.82. The molecule has 1 aliphatic rings. The van der Waals surface area contributed by atoms with Gasteiger partial charge in [-0.3, -0.25) is 0 Å². The van der Waals surface area contributed by atoms with Crippen LogP contribution in [0, 0.1) is 28.6 Å². The van der Waals surface area contributed by atoms with Gasteiger partial charge in [-0.05, 0) is 30.6 Å². The summed E-state index contributed by atoms with van der Waals surface area (Å²) in [5.41, 5.74) is 1.01. The number of oxime groups is 1. The van der Waals surface area contributed by atoms with Crippen molar-refractivity contribution in [3.63, 3.8) is 0 Å². The molecule has 0 saturated heterocycles. The lowest BCUT2D eigenvalue weighted by Crippen LogP contribution is -1.97. The van der Waals surface area contributed by atoms with Crippen LogP contribution in [-0.4, -0.2) is 10.9 Å². The highest BCUT2D eigenvalue weighted by Gasteiger charge is 2.56. The molecule has 1 aliphatic carbocycles. The maximum Gasteiger partial charge on any atom is 0.0624 e. The van der Waals surface area contributed by atoms with Gasteiger partial charge in [-0.25, -0.2) is 0 Å². The zero-order valence-electron chi connectivity index (χ0n) is 8.41. The first-order valence-electron chi connectivity index (χ1n) is 4.58. The van der Waals surface area contributed by atoms with Crippen molar-refractivity contribution in [2.45, 2.75) is 33.6 Å². The number of nitrogens with zero attached hydrogens (tertiary/aromatic N) is 2. The third-order valence-corrected chi connectivity index (χ3v) is 3.29. The van der Waals surface area contributed by atoms with Gasteiger partial charge in [0.15, 0.2) is 0 Å². The van der Waals surface area contributed by atoms with E-state index >= 15 is 0 Å². The molecule has 3 heteroatoms. The molecule has 0 amide bonds. The minimum Gasteiger partial charge on any atom is -0.411 e. The van der Waals surface area contributed by atoms with Gasteiger partial charge in [0, 0.05) is 6.42 Å². The number of hydrogen-bond donors (Lipinski definition) is 1. The molecule has 0 spiro atoms. The Morgan fingerprint density at radius 1 is 1.54 bits per heavy atom. The fraction of sp³-hybridized carbons (Fsp3) is 0.800. The van der Waals surface area contributed by atoms with E-state index in [1.165, 1.54) is 0 Å². The van der Waals surface area contributed by atoms with Gasteiger partial charge in [0.2, 0.25) is 0 Å². The molecule has 3 nitrogen and oxygen atoms in total. The van der Waals surface area contributed by atoms with E-state index < -0.39 is 0 Å². The topological polar surface area (TPSA) is 56.4 Å². The summed E-state index contributed by atoms with van der Waals surface area (Å²) in [5.74, 6) is 0.997. The van der Waals surface area contributed by atoms with Crippen LogP contribution in [0.1, 0.15) is 33.6 Å². The first-order chi connectivity index (χ1) is 6.04. The van der Waals surface area contributed by atoms with Gasteiger partial charge in [-0.2, -0.15) is 5.26 Å². The Hall–Kier alpha value is -1.04. The van der Waals surface area contributed by atoms with Gasteiger partial charge in [0.1, 0.15) is 0 Å². The summed E-state index contributed by atoms with van der Waals surface area (Å²) in [4.78, 5) is 0. The highest BCUT2D eigenvalue weighted by atomic mass is 16.4. The van der Waals surface area contributed by atoms with Crippen molar-refractivity contribution in [1.29, 1.82) is 5.26 Å². The Morgan fingerprint density at radius 3 is 2.62 bits per heavy atom. The van der Waals surface area contributed by atoms with Crippen molar-refractivity contribution in [3.8, 4) is 6.07 Å². The lowest BCUT2D eigenvalue weighted by Gasteiger charge is -2.00. The molecule has 1 fully saturated rings. The molecule has 72 valence electrons. The van der Waals surface area contributed by atoms with Crippen LogP contribution in [0.4, 0.5) is 0 Å². The SMILES string of the molecule is CC(CC1C(CC#N)C1(C)C)=NO. The fourth-order valence-electron chi connectivity index (χ4n) is 2.13. The van der Waals surface area contributed by atoms with Crippen molar-refractivity contribution in [2.24, 2.45) is 22.4 Å². The first-order valence-corrected chi connectivity index (χ1v) is 4.58. The average molecular weight is 180 g/mol. The second kappa shape index (κ2) is 3.37. The van der Waals surface area contributed by atoms with Gasteiger partial charge < -0.3 is 5.21 Å². The van der Waals surface area contributed by atoms with Gasteiger partial charge in [0.05, 0.1) is 11.8 Å². The van der Waals surface area contributed by atoms with Crippen molar-refractivity contribution in [3.05, 3.63) is 0 Å². The van der Waals surface area contributed by atoms with Crippen LogP contribution in [0.2, 0.25) is 0 Å². The first kappa shape index (κ1) is 10.0. The molecule has 1 rings (SSSR count). The molecule has 2 unspecified atom stereocenters. The Morgan fingerprint density at radius 2 is 2.15 bits per heavy atom. The van der Waals surface area contributed by atoms with Crippen LogP contribution in [0.15, 0.2) is 5.16 Å². The third-order valence-electron chi connectivity index (χ3n) is 3.29. The smallest absolute Gasteiger partial charge is 0.0624 e. The Balaban J connectivity index is 2.52. The molecule has 13 heavy (non-hydrogen) atoms. The van der Waals surface area contributed by atoms with E-state index in [1.54, 1.807) is 0 Å². The fourth-order valence-corrected chi connectivity index (χ4v) is 2.13. The lowest BCUT2D eigenvalue weighted by molar-refractivity contribution is 0.316. The number of hydrogen-bond acceptors (Lipinski definition) is 3. The molecule has 0 aromatic heterocycles. The van der Waals surface area contributed by atoms with E-state index in [9.17, 15) is 0 Å². The molecule has 0 aromatic rings. The van der Waals surface area contributed by atoms with E-state index in [4.69, 9.17) is 10.5 Å². The quantitative estimate of drug-likeness (QED) is 0.412. The van der Waals surface area contributed by atoms with Crippen LogP contribution in [-0.2, 0) is 0 Å². The molecule has 0 bridgehead atoms. The monoisotopic (exact) mass is 180 g/mol. The minimum atomic E-state index is 0.252. The maximum absolute atomic E-state index is 8.59. The highest BCUT2D eigenvalue weighted by molar-refractivity contribution is 5.81. The molecule has 0 aromatic carbocycles. The van der Waals surface area contributed by atoms with E-state index in [0.29, 0.717) is 18.3 Å². The maximum atomic E-state index is 8.59. The van der Waals surface area contributed by atoms with Crippen LogP contribution in [0.5, 0.6) is 0 Å². The molecular weight excluding hydrogens is 164 g/mol. The molecule has 0 radical (unpaired) electrons. The molecule has 0 heterocycles. The van der Waals surface area contributed by atoms with Crippen molar-refractivity contribution < 1.29 is 5.21 Å². The van der Waals surface area contributed by atoms with Gasteiger partial charge in [0.25, 0.3) is 0 Å². The van der Waals surface area contributed by atoms with Crippen molar-refractivity contribution in [2.75, 3.05) is 0 Å². The zero-order valence-corrected chi connectivity index (χ0v) is 8.41. The lowest BCUT2D eigenvalue weighted by atomic mass is 10.1. The number of nitriles is 1. The molecule has 2 atom stereocenters. The minimum absolute atomic E-state index is 0.252. The van der Waals surface area contributed by atoms with Crippen LogP contribution < -0.4 is 0 Å². The zero-order chi connectivity index (χ0) is 10.1. The average Bonchev–Trinajstić information content (AvgIpc) is 2.56. The summed E-state index contributed by atoms with van der Waals surface area (Å²) in [6.45, 7) is 6.16. The van der Waals surface area contributed by atoms with E-state index in [0.717, 1.165) is 12.1 Å². The number of rotatable bonds is 3. The standard InChI is InChI=1S/C10H16N2O/c1-7(12-13)6-9-8(4-5-11)10(9,2)3/h8-9,13H,4,6H2,1-3H3. The predicted octanol–water partition coefficient (Wildman–Crippen LogP) is 2.41. The van der Waals surface area contributed by atoms with Gasteiger partial charge >= 0.3 is 0 Å². The van der Waals surface area contributed by atoms with Crippen LogP contribution in [0.3, 0.4) is 0 Å². The van der Waals surface area contributed by atoms with Gasteiger partial charge in [-0.1, -0.05) is 19.0 Å². The largest absolute Gasteiger partial charge is 0.411 e. The predicted molar refractivity (Wildman–Crippen MR) is 50.5 cm³/mol. The highest BCUT2D eigenvalue weighted by Crippen LogP contribution is 2.61.